The molecule has 1 atom stereocenters. The second-order valence-corrected chi connectivity index (χ2v) is 5.15. The standard InChI is InChI=1S/C14H17N3O2/c1-8(2)12(15)14-16-13(17-19-14)10-4-3-9-5-6-18-11(9)7-10/h3-4,7-8,12H,5-6,15H2,1-2H3/t12-/m0/s1. The van der Waals surface area contributed by atoms with Gasteiger partial charge in [0.25, 0.3) is 0 Å². The summed E-state index contributed by atoms with van der Waals surface area (Å²) in [5.41, 5.74) is 8.12. The predicted molar refractivity (Wildman–Crippen MR) is 70.7 cm³/mol. The normalized spacial score (nSPS) is 15.4. The molecule has 1 aliphatic rings. The van der Waals surface area contributed by atoms with E-state index in [-0.39, 0.29) is 12.0 Å². The average molecular weight is 259 g/mol. The molecule has 0 bridgehead atoms. The molecule has 0 saturated carbocycles. The Morgan fingerprint density at radius 1 is 1.32 bits per heavy atom. The third-order valence-corrected chi connectivity index (χ3v) is 3.40. The molecule has 19 heavy (non-hydrogen) atoms. The Morgan fingerprint density at radius 2 is 2.16 bits per heavy atom. The van der Waals surface area contributed by atoms with Crippen LogP contribution in [0.4, 0.5) is 0 Å². The van der Waals surface area contributed by atoms with Crippen molar-refractivity contribution in [2.75, 3.05) is 6.61 Å². The first kappa shape index (κ1) is 12.2. The summed E-state index contributed by atoms with van der Waals surface area (Å²) in [6, 6.07) is 5.77. The quantitative estimate of drug-likeness (QED) is 0.915. The van der Waals surface area contributed by atoms with Crippen molar-refractivity contribution < 1.29 is 9.26 Å². The van der Waals surface area contributed by atoms with Gasteiger partial charge < -0.3 is 15.0 Å². The number of rotatable bonds is 3. The van der Waals surface area contributed by atoms with E-state index in [2.05, 4.69) is 16.2 Å². The number of ether oxygens (including phenoxy) is 1. The zero-order chi connectivity index (χ0) is 13.4. The molecule has 0 saturated heterocycles. The molecular formula is C14H17N3O2. The summed E-state index contributed by atoms with van der Waals surface area (Å²) in [6.45, 7) is 4.80. The molecule has 3 rings (SSSR count). The maximum absolute atomic E-state index is 6.00. The first-order valence-corrected chi connectivity index (χ1v) is 6.50. The maximum Gasteiger partial charge on any atom is 0.244 e. The van der Waals surface area contributed by atoms with E-state index in [1.54, 1.807) is 0 Å². The molecule has 0 amide bonds. The van der Waals surface area contributed by atoms with Crippen molar-refractivity contribution in [1.29, 1.82) is 0 Å². The lowest BCUT2D eigenvalue weighted by molar-refractivity contribution is 0.325. The van der Waals surface area contributed by atoms with Gasteiger partial charge in [-0.25, -0.2) is 0 Å². The number of fused-ring (bicyclic) bond motifs is 1. The van der Waals surface area contributed by atoms with Crippen molar-refractivity contribution in [2.24, 2.45) is 11.7 Å². The van der Waals surface area contributed by atoms with Gasteiger partial charge in [0, 0.05) is 12.0 Å². The molecule has 1 aromatic heterocycles. The monoisotopic (exact) mass is 259 g/mol. The maximum atomic E-state index is 6.00. The van der Waals surface area contributed by atoms with Crippen LogP contribution in [0, 0.1) is 5.92 Å². The van der Waals surface area contributed by atoms with Crippen molar-refractivity contribution in [3.63, 3.8) is 0 Å². The first-order chi connectivity index (χ1) is 9.15. The van der Waals surface area contributed by atoms with Crippen molar-refractivity contribution in [3.05, 3.63) is 29.7 Å². The number of benzene rings is 1. The number of hydrogen-bond donors (Lipinski definition) is 1. The Morgan fingerprint density at radius 3 is 2.95 bits per heavy atom. The van der Waals surface area contributed by atoms with Crippen LogP contribution in [-0.2, 0) is 6.42 Å². The van der Waals surface area contributed by atoms with Crippen molar-refractivity contribution in [1.82, 2.24) is 10.1 Å². The lowest BCUT2D eigenvalue weighted by atomic mass is 10.1. The molecule has 1 aromatic carbocycles. The molecule has 2 aromatic rings. The average Bonchev–Trinajstić information content (AvgIpc) is 3.05. The molecule has 0 radical (unpaired) electrons. The minimum absolute atomic E-state index is 0.230. The Labute approximate surface area is 111 Å². The largest absolute Gasteiger partial charge is 0.493 e. The van der Waals surface area contributed by atoms with Gasteiger partial charge in [-0.15, -0.1) is 0 Å². The molecule has 5 heteroatoms. The molecule has 1 aliphatic heterocycles. The second kappa shape index (κ2) is 4.66. The Hall–Kier alpha value is -1.88. The first-order valence-electron chi connectivity index (χ1n) is 6.50. The molecular weight excluding hydrogens is 242 g/mol. The SMILES string of the molecule is CC(C)[C@H](N)c1nc(-c2ccc3c(c2)OCC3)no1. The van der Waals surface area contributed by atoms with Crippen molar-refractivity contribution >= 4 is 0 Å². The molecule has 0 aliphatic carbocycles. The molecule has 2 heterocycles. The van der Waals surface area contributed by atoms with Crippen LogP contribution in [0.15, 0.2) is 22.7 Å². The van der Waals surface area contributed by atoms with Gasteiger partial charge >= 0.3 is 0 Å². The predicted octanol–water partition coefficient (Wildman–Crippen LogP) is 2.33. The number of hydrogen-bond acceptors (Lipinski definition) is 5. The summed E-state index contributed by atoms with van der Waals surface area (Å²) >= 11 is 0. The lowest BCUT2D eigenvalue weighted by Gasteiger charge is -2.09. The van der Waals surface area contributed by atoms with Crippen molar-refractivity contribution in [3.8, 4) is 17.1 Å². The highest BCUT2D eigenvalue weighted by atomic mass is 16.5. The molecule has 5 nitrogen and oxygen atoms in total. The summed E-state index contributed by atoms with van der Waals surface area (Å²) in [7, 11) is 0. The van der Waals surface area contributed by atoms with Gasteiger partial charge in [0.1, 0.15) is 5.75 Å². The van der Waals surface area contributed by atoms with E-state index in [4.69, 9.17) is 15.0 Å². The zero-order valence-electron chi connectivity index (χ0n) is 11.1. The fourth-order valence-corrected chi connectivity index (χ4v) is 2.08. The zero-order valence-corrected chi connectivity index (χ0v) is 11.1. The van der Waals surface area contributed by atoms with E-state index in [0.717, 1.165) is 24.3 Å². The summed E-state index contributed by atoms with van der Waals surface area (Å²) in [6.07, 6.45) is 0.964. The molecule has 2 N–H and O–H groups in total. The van der Waals surface area contributed by atoms with E-state index in [1.165, 1.54) is 5.56 Å². The number of nitrogens with two attached hydrogens (primary N) is 1. The Kier molecular flexibility index (Phi) is 2.98. The van der Waals surface area contributed by atoms with Gasteiger partial charge in [-0.3, -0.25) is 0 Å². The van der Waals surface area contributed by atoms with Gasteiger partial charge in [0.15, 0.2) is 0 Å². The van der Waals surface area contributed by atoms with E-state index >= 15 is 0 Å². The molecule has 0 fully saturated rings. The van der Waals surface area contributed by atoms with Crippen LogP contribution in [0.2, 0.25) is 0 Å². The topological polar surface area (TPSA) is 74.2 Å². The summed E-state index contributed by atoms with van der Waals surface area (Å²) in [4.78, 5) is 4.37. The van der Waals surface area contributed by atoms with Gasteiger partial charge in [0.05, 0.1) is 12.6 Å². The minimum atomic E-state index is -0.230. The van der Waals surface area contributed by atoms with Crippen LogP contribution in [0.5, 0.6) is 5.75 Å². The third kappa shape index (κ3) is 2.21. The Balaban J connectivity index is 1.90. The highest BCUT2D eigenvalue weighted by Gasteiger charge is 2.20. The molecule has 0 unspecified atom stereocenters. The van der Waals surface area contributed by atoms with Gasteiger partial charge in [0.2, 0.25) is 11.7 Å². The lowest BCUT2D eigenvalue weighted by Crippen LogP contribution is -2.16. The smallest absolute Gasteiger partial charge is 0.244 e. The molecule has 0 spiro atoms. The van der Waals surface area contributed by atoms with Gasteiger partial charge in [-0.2, -0.15) is 4.98 Å². The van der Waals surface area contributed by atoms with Crippen LogP contribution in [-0.4, -0.2) is 16.7 Å². The van der Waals surface area contributed by atoms with E-state index in [9.17, 15) is 0 Å². The van der Waals surface area contributed by atoms with Gasteiger partial charge in [-0.05, 0) is 17.5 Å². The summed E-state index contributed by atoms with van der Waals surface area (Å²) in [5.74, 6) is 2.21. The number of aromatic nitrogens is 2. The Bertz CT molecular complexity index is 592. The number of nitrogens with zero attached hydrogens (tertiary/aromatic N) is 2. The summed E-state index contributed by atoms with van der Waals surface area (Å²) in [5, 5.41) is 3.99. The minimum Gasteiger partial charge on any atom is -0.493 e. The van der Waals surface area contributed by atoms with Crippen LogP contribution in [0.1, 0.15) is 31.3 Å². The fraction of sp³-hybridized carbons (Fsp3) is 0.429. The highest BCUT2D eigenvalue weighted by molar-refractivity contribution is 5.59. The van der Waals surface area contributed by atoms with E-state index in [1.807, 2.05) is 26.0 Å². The van der Waals surface area contributed by atoms with Crippen LogP contribution in [0.3, 0.4) is 0 Å². The molecule has 100 valence electrons. The van der Waals surface area contributed by atoms with Crippen molar-refractivity contribution in [2.45, 2.75) is 26.3 Å². The van der Waals surface area contributed by atoms with Crippen LogP contribution < -0.4 is 10.5 Å². The van der Waals surface area contributed by atoms with E-state index in [0.29, 0.717) is 11.7 Å². The van der Waals surface area contributed by atoms with Crippen LogP contribution >= 0.6 is 0 Å². The highest BCUT2D eigenvalue weighted by Crippen LogP contribution is 2.30. The van der Waals surface area contributed by atoms with Crippen LogP contribution in [0.25, 0.3) is 11.4 Å². The third-order valence-electron chi connectivity index (χ3n) is 3.40. The summed E-state index contributed by atoms with van der Waals surface area (Å²) < 4.78 is 10.8. The fourth-order valence-electron chi connectivity index (χ4n) is 2.08. The van der Waals surface area contributed by atoms with E-state index < -0.39 is 0 Å². The van der Waals surface area contributed by atoms with Gasteiger partial charge in [-0.1, -0.05) is 31.1 Å². The second-order valence-electron chi connectivity index (χ2n) is 5.15.